The van der Waals surface area contributed by atoms with Gasteiger partial charge in [-0.1, -0.05) is 0 Å². The number of carbonyl (C=O) groups excluding carboxylic acids is 1. The van der Waals surface area contributed by atoms with Gasteiger partial charge in [0.15, 0.2) is 5.78 Å². The molecule has 0 radical (unpaired) electrons. The number of rotatable bonds is 0. The summed E-state index contributed by atoms with van der Waals surface area (Å²) in [6.45, 7) is 5.65. The van der Waals surface area contributed by atoms with Gasteiger partial charge in [-0.05, 0) is 38.3 Å². The second-order valence-corrected chi connectivity index (χ2v) is 5.10. The zero-order chi connectivity index (χ0) is 13.0. The van der Waals surface area contributed by atoms with Gasteiger partial charge in [0.2, 0.25) is 0 Å². The van der Waals surface area contributed by atoms with Gasteiger partial charge in [-0.15, -0.1) is 0 Å². The molecule has 3 heteroatoms. The molecular weight excluding hydrogens is 228 g/mol. The van der Waals surface area contributed by atoms with Crippen LogP contribution in [0.2, 0.25) is 0 Å². The number of phenolic OH excluding ortho intramolecular Hbond substituents is 1. The zero-order valence-corrected chi connectivity index (χ0v) is 10.9. The number of carbonyl (C=O) groups is 1. The van der Waals surface area contributed by atoms with Crippen LogP contribution in [0.5, 0.6) is 5.75 Å². The van der Waals surface area contributed by atoms with Crippen molar-refractivity contribution in [3.63, 3.8) is 0 Å². The van der Waals surface area contributed by atoms with Crippen molar-refractivity contribution in [1.82, 2.24) is 0 Å². The molecule has 94 valence electrons. The van der Waals surface area contributed by atoms with Gasteiger partial charge < -0.3 is 9.52 Å². The molecule has 0 fully saturated rings. The van der Waals surface area contributed by atoms with Crippen molar-refractivity contribution >= 4 is 16.8 Å². The Hall–Kier alpha value is -1.77. The lowest BCUT2D eigenvalue weighted by atomic mass is 9.91. The number of hydrogen-bond donors (Lipinski definition) is 1. The molecule has 0 spiro atoms. The van der Waals surface area contributed by atoms with Crippen LogP contribution in [0.25, 0.3) is 11.0 Å². The highest BCUT2D eigenvalue weighted by Crippen LogP contribution is 2.40. The summed E-state index contributed by atoms with van der Waals surface area (Å²) in [7, 11) is 0. The van der Waals surface area contributed by atoms with Gasteiger partial charge >= 0.3 is 0 Å². The number of benzene rings is 1. The summed E-state index contributed by atoms with van der Waals surface area (Å²) in [6.07, 6.45) is 2.25. The predicted molar refractivity (Wildman–Crippen MR) is 69.4 cm³/mol. The van der Waals surface area contributed by atoms with Crippen molar-refractivity contribution in [2.75, 3.05) is 0 Å². The number of Topliss-reactive ketones (excluding diaryl/α,β-unsaturated/α-hetero) is 1. The maximum atomic E-state index is 12.1. The first kappa shape index (κ1) is 11.3. The highest BCUT2D eigenvalue weighted by atomic mass is 16.3. The Morgan fingerprint density at radius 3 is 2.50 bits per heavy atom. The minimum Gasteiger partial charge on any atom is -0.507 e. The second-order valence-electron chi connectivity index (χ2n) is 5.10. The van der Waals surface area contributed by atoms with Gasteiger partial charge in [-0.3, -0.25) is 4.79 Å². The molecule has 2 aromatic rings. The maximum Gasteiger partial charge on any atom is 0.167 e. The van der Waals surface area contributed by atoms with E-state index in [1.165, 1.54) is 0 Å². The van der Waals surface area contributed by atoms with E-state index < -0.39 is 0 Å². The highest BCUT2D eigenvalue weighted by molar-refractivity contribution is 6.11. The Morgan fingerprint density at radius 1 is 1.06 bits per heavy atom. The Balaban J connectivity index is 2.51. The van der Waals surface area contributed by atoms with Crippen LogP contribution in [0.1, 0.15) is 45.7 Å². The number of fused-ring (bicyclic) bond motifs is 3. The van der Waals surface area contributed by atoms with Crippen LogP contribution in [-0.2, 0) is 6.42 Å². The quantitative estimate of drug-likeness (QED) is 0.770. The van der Waals surface area contributed by atoms with Crippen LogP contribution < -0.4 is 0 Å². The molecule has 1 aliphatic rings. The van der Waals surface area contributed by atoms with Gasteiger partial charge in [-0.2, -0.15) is 0 Å². The molecule has 0 bridgehead atoms. The predicted octanol–water partition coefficient (Wildman–Crippen LogP) is 3.58. The Labute approximate surface area is 105 Å². The molecule has 0 saturated carbocycles. The molecule has 1 heterocycles. The molecule has 1 aromatic carbocycles. The number of aryl methyl sites for hydroxylation is 3. The SMILES string of the molecule is Cc1c(O)c(C)c2c3c(oc2c1C)CCCC3=O. The summed E-state index contributed by atoms with van der Waals surface area (Å²) in [5.74, 6) is 1.21. The fourth-order valence-electron chi connectivity index (χ4n) is 2.85. The van der Waals surface area contributed by atoms with Crippen molar-refractivity contribution in [1.29, 1.82) is 0 Å². The van der Waals surface area contributed by atoms with Crippen molar-refractivity contribution in [3.05, 3.63) is 28.0 Å². The van der Waals surface area contributed by atoms with E-state index in [0.717, 1.165) is 46.3 Å². The molecule has 18 heavy (non-hydrogen) atoms. The normalized spacial score (nSPS) is 15.2. The van der Waals surface area contributed by atoms with Gasteiger partial charge in [0, 0.05) is 23.8 Å². The Kier molecular flexibility index (Phi) is 2.27. The summed E-state index contributed by atoms with van der Waals surface area (Å²) < 4.78 is 5.88. The summed E-state index contributed by atoms with van der Waals surface area (Å²) in [6, 6.07) is 0. The lowest BCUT2D eigenvalue weighted by molar-refractivity contribution is 0.0971. The van der Waals surface area contributed by atoms with Crippen molar-refractivity contribution in [2.24, 2.45) is 0 Å². The summed E-state index contributed by atoms with van der Waals surface area (Å²) >= 11 is 0. The van der Waals surface area contributed by atoms with E-state index in [2.05, 4.69) is 0 Å². The molecule has 1 aliphatic carbocycles. The number of aromatic hydroxyl groups is 1. The second kappa shape index (κ2) is 3.61. The van der Waals surface area contributed by atoms with E-state index in [9.17, 15) is 9.90 Å². The lowest BCUT2D eigenvalue weighted by Crippen LogP contribution is -2.08. The minimum absolute atomic E-state index is 0.140. The van der Waals surface area contributed by atoms with E-state index >= 15 is 0 Å². The van der Waals surface area contributed by atoms with Gasteiger partial charge in [0.1, 0.15) is 17.1 Å². The van der Waals surface area contributed by atoms with Gasteiger partial charge in [0.05, 0.1) is 5.56 Å². The van der Waals surface area contributed by atoms with Crippen LogP contribution in [0.4, 0.5) is 0 Å². The topological polar surface area (TPSA) is 50.4 Å². The van der Waals surface area contributed by atoms with Crippen molar-refractivity contribution < 1.29 is 14.3 Å². The Bertz CT molecular complexity index is 677. The highest BCUT2D eigenvalue weighted by Gasteiger charge is 2.28. The average molecular weight is 244 g/mol. The van der Waals surface area contributed by atoms with Gasteiger partial charge in [0.25, 0.3) is 0 Å². The van der Waals surface area contributed by atoms with E-state index in [0.29, 0.717) is 12.0 Å². The van der Waals surface area contributed by atoms with Crippen molar-refractivity contribution in [3.8, 4) is 5.75 Å². The molecule has 3 rings (SSSR count). The fourth-order valence-corrected chi connectivity index (χ4v) is 2.85. The van der Waals surface area contributed by atoms with Gasteiger partial charge in [-0.25, -0.2) is 0 Å². The standard InChI is InChI=1S/C15H16O3/c1-7-8(2)15-12(9(3)14(7)17)13-10(16)5-4-6-11(13)18-15/h17H,4-6H2,1-3H3. The summed E-state index contributed by atoms with van der Waals surface area (Å²) in [5, 5.41) is 11.0. The number of phenols is 1. The maximum absolute atomic E-state index is 12.1. The first-order valence-electron chi connectivity index (χ1n) is 6.29. The fraction of sp³-hybridized carbons (Fsp3) is 0.400. The number of furan rings is 1. The van der Waals surface area contributed by atoms with E-state index in [4.69, 9.17) is 4.42 Å². The lowest BCUT2D eigenvalue weighted by Gasteiger charge is -2.10. The molecule has 3 nitrogen and oxygen atoms in total. The van der Waals surface area contributed by atoms with Crippen LogP contribution in [0.15, 0.2) is 4.42 Å². The van der Waals surface area contributed by atoms with Crippen molar-refractivity contribution in [2.45, 2.75) is 40.0 Å². The van der Waals surface area contributed by atoms with Crippen LogP contribution in [0, 0.1) is 20.8 Å². The third-order valence-electron chi connectivity index (χ3n) is 4.06. The molecule has 1 N–H and O–H groups in total. The zero-order valence-electron chi connectivity index (χ0n) is 10.9. The first-order chi connectivity index (χ1) is 8.52. The smallest absolute Gasteiger partial charge is 0.167 e. The molecule has 0 amide bonds. The molecular formula is C15H16O3. The minimum atomic E-state index is 0.140. The van der Waals surface area contributed by atoms with E-state index in [-0.39, 0.29) is 11.5 Å². The van der Waals surface area contributed by atoms with Crippen LogP contribution in [0.3, 0.4) is 0 Å². The van der Waals surface area contributed by atoms with Crippen LogP contribution >= 0.6 is 0 Å². The molecule has 1 aromatic heterocycles. The monoisotopic (exact) mass is 244 g/mol. The molecule has 0 saturated heterocycles. The molecule has 0 aliphatic heterocycles. The first-order valence-corrected chi connectivity index (χ1v) is 6.29. The summed E-state index contributed by atoms with van der Waals surface area (Å²) in [5.41, 5.74) is 3.98. The van der Waals surface area contributed by atoms with E-state index in [1.807, 2.05) is 20.8 Å². The third kappa shape index (κ3) is 1.27. The Morgan fingerprint density at radius 2 is 1.78 bits per heavy atom. The third-order valence-corrected chi connectivity index (χ3v) is 4.06. The average Bonchev–Trinajstić information content (AvgIpc) is 2.75. The van der Waals surface area contributed by atoms with Crippen LogP contribution in [-0.4, -0.2) is 10.9 Å². The summed E-state index contributed by atoms with van der Waals surface area (Å²) in [4.78, 5) is 12.1. The molecule has 0 unspecified atom stereocenters. The molecule has 0 atom stereocenters. The number of ketones is 1. The van der Waals surface area contributed by atoms with E-state index in [1.54, 1.807) is 0 Å². The number of hydrogen-bond acceptors (Lipinski definition) is 3. The largest absolute Gasteiger partial charge is 0.507 e.